The number of anilines is 1. The minimum Gasteiger partial charge on any atom is -0.436 e. The van der Waals surface area contributed by atoms with Crippen LogP contribution in [0.15, 0.2) is 88.2 Å². The van der Waals surface area contributed by atoms with Gasteiger partial charge in [0.15, 0.2) is 5.58 Å². The first-order valence-electron chi connectivity index (χ1n) is 9.38. The largest absolute Gasteiger partial charge is 0.436 e. The van der Waals surface area contributed by atoms with Gasteiger partial charge in [-0.3, -0.25) is 14.3 Å². The van der Waals surface area contributed by atoms with E-state index in [9.17, 15) is 9.59 Å². The summed E-state index contributed by atoms with van der Waals surface area (Å²) >= 11 is 0. The van der Waals surface area contributed by atoms with Crippen molar-refractivity contribution in [2.24, 2.45) is 0 Å². The Morgan fingerprint density at radius 2 is 1.73 bits per heavy atom. The fourth-order valence-corrected chi connectivity index (χ4v) is 3.32. The van der Waals surface area contributed by atoms with E-state index in [1.807, 2.05) is 42.5 Å². The molecular formula is C23H16N4O3. The molecule has 0 aliphatic rings. The smallest absolute Gasteiger partial charge is 0.246 e. The SMILES string of the molecule is O=C(Cn1ncc(=O)c2ccccc21)Nc1ccc(-c2nc3ccccc3o2)cc1. The van der Waals surface area contributed by atoms with Gasteiger partial charge in [-0.05, 0) is 48.5 Å². The average molecular weight is 396 g/mol. The van der Waals surface area contributed by atoms with Crippen LogP contribution in [-0.4, -0.2) is 20.7 Å². The average Bonchev–Trinajstić information content (AvgIpc) is 3.21. The summed E-state index contributed by atoms with van der Waals surface area (Å²) in [5.41, 5.74) is 3.43. The van der Waals surface area contributed by atoms with E-state index in [0.29, 0.717) is 22.5 Å². The van der Waals surface area contributed by atoms with Gasteiger partial charge in [-0.2, -0.15) is 5.10 Å². The molecule has 1 amide bonds. The number of hydrogen-bond donors (Lipinski definition) is 1. The van der Waals surface area contributed by atoms with Crippen LogP contribution < -0.4 is 10.7 Å². The summed E-state index contributed by atoms with van der Waals surface area (Å²) in [4.78, 5) is 28.9. The zero-order valence-electron chi connectivity index (χ0n) is 15.8. The molecule has 2 aromatic heterocycles. The number of aromatic nitrogens is 3. The summed E-state index contributed by atoms with van der Waals surface area (Å²) in [6, 6.07) is 21.9. The third-order valence-corrected chi connectivity index (χ3v) is 4.76. The lowest BCUT2D eigenvalue weighted by atomic mass is 10.2. The Balaban J connectivity index is 1.33. The molecule has 3 aromatic carbocycles. The third kappa shape index (κ3) is 3.33. The second-order valence-electron chi connectivity index (χ2n) is 6.80. The number of amides is 1. The molecule has 146 valence electrons. The molecule has 0 spiro atoms. The highest BCUT2D eigenvalue weighted by molar-refractivity contribution is 5.91. The van der Waals surface area contributed by atoms with Crippen molar-refractivity contribution >= 4 is 33.6 Å². The number of para-hydroxylation sites is 3. The molecule has 7 heteroatoms. The number of carbonyl (C=O) groups excluding carboxylic acids is 1. The zero-order chi connectivity index (χ0) is 20.5. The Hall–Kier alpha value is -4.26. The number of nitrogens with one attached hydrogen (secondary N) is 1. The second kappa shape index (κ2) is 7.29. The molecule has 5 aromatic rings. The Morgan fingerprint density at radius 1 is 0.967 bits per heavy atom. The standard InChI is InChI=1S/C23H16N4O3/c28-20-13-24-27(19-7-3-1-5-17(19)20)14-22(29)25-16-11-9-15(10-12-16)23-26-18-6-2-4-8-21(18)30-23/h1-13H,14H2,(H,25,29). The Labute approximate surface area is 170 Å². The van der Waals surface area contributed by atoms with Crippen molar-refractivity contribution in [1.29, 1.82) is 0 Å². The molecule has 0 bridgehead atoms. The number of fused-ring (bicyclic) bond motifs is 2. The highest BCUT2D eigenvalue weighted by atomic mass is 16.3. The number of oxazole rings is 1. The van der Waals surface area contributed by atoms with Crippen molar-refractivity contribution in [3.63, 3.8) is 0 Å². The van der Waals surface area contributed by atoms with E-state index in [1.165, 1.54) is 10.9 Å². The molecule has 0 aliphatic heterocycles. The lowest BCUT2D eigenvalue weighted by Gasteiger charge is -2.10. The van der Waals surface area contributed by atoms with E-state index < -0.39 is 0 Å². The van der Waals surface area contributed by atoms with E-state index >= 15 is 0 Å². The molecule has 1 N–H and O–H groups in total. The molecule has 0 unspecified atom stereocenters. The maximum Gasteiger partial charge on any atom is 0.246 e. The van der Waals surface area contributed by atoms with Crippen molar-refractivity contribution in [1.82, 2.24) is 14.8 Å². The van der Waals surface area contributed by atoms with E-state index in [4.69, 9.17) is 4.42 Å². The monoisotopic (exact) mass is 396 g/mol. The first-order valence-corrected chi connectivity index (χ1v) is 9.38. The van der Waals surface area contributed by atoms with Crippen molar-refractivity contribution in [3.8, 4) is 11.5 Å². The fourth-order valence-electron chi connectivity index (χ4n) is 3.32. The molecule has 0 fully saturated rings. The van der Waals surface area contributed by atoms with Crippen molar-refractivity contribution < 1.29 is 9.21 Å². The van der Waals surface area contributed by atoms with E-state index in [2.05, 4.69) is 15.4 Å². The van der Waals surface area contributed by atoms with Gasteiger partial charge in [-0.25, -0.2) is 4.98 Å². The molecule has 30 heavy (non-hydrogen) atoms. The minimum atomic E-state index is -0.245. The Bertz CT molecular complexity index is 1400. The predicted octanol–water partition coefficient (Wildman–Crippen LogP) is 3.84. The third-order valence-electron chi connectivity index (χ3n) is 4.76. The van der Waals surface area contributed by atoms with Crippen LogP contribution in [-0.2, 0) is 11.3 Å². The second-order valence-corrected chi connectivity index (χ2v) is 6.80. The number of benzene rings is 3. The van der Waals surface area contributed by atoms with Gasteiger partial charge in [0.25, 0.3) is 0 Å². The zero-order valence-corrected chi connectivity index (χ0v) is 15.8. The number of nitrogens with zero attached hydrogens (tertiary/aromatic N) is 3. The topological polar surface area (TPSA) is 90.0 Å². The van der Waals surface area contributed by atoms with Crippen LogP contribution in [0.4, 0.5) is 5.69 Å². The summed E-state index contributed by atoms with van der Waals surface area (Å²) in [5, 5.41) is 7.46. The van der Waals surface area contributed by atoms with E-state index in [-0.39, 0.29) is 17.9 Å². The van der Waals surface area contributed by atoms with Crippen molar-refractivity contribution in [3.05, 3.63) is 89.2 Å². The Kier molecular flexibility index (Phi) is 4.33. The summed E-state index contributed by atoms with van der Waals surface area (Å²) in [7, 11) is 0. The van der Waals surface area contributed by atoms with Crippen molar-refractivity contribution in [2.45, 2.75) is 6.54 Å². The van der Waals surface area contributed by atoms with Crippen LogP contribution >= 0.6 is 0 Å². The van der Waals surface area contributed by atoms with Gasteiger partial charge >= 0.3 is 0 Å². The van der Waals surface area contributed by atoms with Gasteiger partial charge in [-0.15, -0.1) is 0 Å². The summed E-state index contributed by atoms with van der Waals surface area (Å²) < 4.78 is 7.28. The van der Waals surface area contributed by atoms with Gasteiger partial charge in [0.05, 0.1) is 11.7 Å². The first kappa shape index (κ1) is 17.8. The molecule has 5 rings (SSSR count). The number of hydrogen-bond acceptors (Lipinski definition) is 5. The van der Waals surface area contributed by atoms with Gasteiger partial charge in [0.1, 0.15) is 12.1 Å². The summed E-state index contributed by atoms with van der Waals surface area (Å²) in [5.74, 6) is 0.281. The summed E-state index contributed by atoms with van der Waals surface area (Å²) in [6.07, 6.45) is 1.23. The van der Waals surface area contributed by atoms with Crippen LogP contribution in [0, 0.1) is 0 Å². The molecule has 0 saturated heterocycles. The number of carbonyl (C=O) groups is 1. The molecule has 2 heterocycles. The minimum absolute atomic E-state index is 0.00628. The van der Waals surface area contributed by atoms with Crippen LogP contribution in [0.2, 0.25) is 0 Å². The highest BCUT2D eigenvalue weighted by Crippen LogP contribution is 2.25. The van der Waals surface area contributed by atoms with E-state index in [0.717, 1.165) is 16.7 Å². The maximum atomic E-state index is 12.5. The first-order chi connectivity index (χ1) is 14.7. The van der Waals surface area contributed by atoms with Gasteiger partial charge in [0.2, 0.25) is 17.2 Å². The molecule has 0 saturated carbocycles. The van der Waals surface area contributed by atoms with Crippen molar-refractivity contribution in [2.75, 3.05) is 5.32 Å². The summed E-state index contributed by atoms with van der Waals surface area (Å²) in [6.45, 7) is -0.00628. The van der Waals surface area contributed by atoms with Crippen LogP contribution in [0.3, 0.4) is 0 Å². The molecule has 0 radical (unpaired) electrons. The normalized spacial score (nSPS) is 11.1. The quantitative estimate of drug-likeness (QED) is 0.498. The molecular weight excluding hydrogens is 380 g/mol. The highest BCUT2D eigenvalue weighted by Gasteiger charge is 2.10. The van der Waals surface area contributed by atoms with Crippen LogP contribution in [0.25, 0.3) is 33.5 Å². The molecule has 0 aliphatic carbocycles. The maximum absolute atomic E-state index is 12.5. The van der Waals surface area contributed by atoms with Crippen LogP contribution in [0.5, 0.6) is 0 Å². The molecule has 7 nitrogen and oxygen atoms in total. The fraction of sp³-hybridized carbons (Fsp3) is 0.0435. The lowest BCUT2D eigenvalue weighted by Crippen LogP contribution is -2.22. The van der Waals surface area contributed by atoms with Gasteiger partial charge in [-0.1, -0.05) is 24.3 Å². The molecule has 0 atom stereocenters. The van der Waals surface area contributed by atoms with Gasteiger partial charge < -0.3 is 9.73 Å². The predicted molar refractivity (Wildman–Crippen MR) is 114 cm³/mol. The van der Waals surface area contributed by atoms with E-state index in [1.54, 1.807) is 30.3 Å². The Morgan fingerprint density at radius 3 is 2.57 bits per heavy atom. The lowest BCUT2D eigenvalue weighted by molar-refractivity contribution is -0.116. The number of rotatable bonds is 4. The van der Waals surface area contributed by atoms with Gasteiger partial charge in [0, 0.05) is 16.6 Å². The van der Waals surface area contributed by atoms with Crippen LogP contribution in [0.1, 0.15) is 0 Å².